The van der Waals surface area contributed by atoms with Crippen LogP contribution in [0.25, 0.3) is 0 Å². The molecule has 0 saturated carbocycles. The number of hydrogen-bond acceptors (Lipinski definition) is 1. The summed E-state index contributed by atoms with van der Waals surface area (Å²) in [4.78, 5) is 11.1. The van der Waals surface area contributed by atoms with Gasteiger partial charge in [-0.3, -0.25) is 4.79 Å². The number of ketones is 1. The van der Waals surface area contributed by atoms with Crippen molar-refractivity contribution in [2.24, 2.45) is 0 Å². The first-order chi connectivity index (χ1) is 6.75. The van der Waals surface area contributed by atoms with Gasteiger partial charge in [0.1, 0.15) is 0 Å². The molecule has 0 spiro atoms. The van der Waals surface area contributed by atoms with Gasteiger partial charge in [-0.2, -0.15) is 13.2 Å². The van der Waals surface area contributed by atoms with Gasteiger partial charge in [0.05, 0.1) is 10.6 Å². The molecule has 1 rings (SSSR count). The minimum atomic E-state index is -4.56. The summed E-state index contributed by atoms with van der Waals surface area (Å²) in [7, 11) is 0. The monoisotopic (exact) mass is 236 g/mol. The maximum atomic E-state index is 12.5. The lowest BCUT2D eigenvalue weighted by atomic mass is 10.0. The van der Waals surface area contributed by atoms with Gasteiger partial charge in [0.25, 0.3) is 0 Å². The van der Waals surface area contributed by atoms with Crippen molar-refractivity contribution < 1.29 is 18.0 Å². The molecular weight excluding hydrogens is 229 g/mol. The molecule has 0 bridgehead atoms. The quantitative estimate of drug-likeness (QED) is 0.677. The van der Waals surface area contributed by atoms with Crippen LogP contribution >= 0.6 is 11.6 Å². The summed E-state index contributed by atoms with van der Waals surface area (Å²) in [5, 5.41) is -0.127. The fraction of sp³-hybridized carbons (Fsp3) is 0.300. The van der Waals surface area contributed by atoms with E-state index in [1.807, 2.05) is 0 Å². The molecule has 15 heavy (non-hydrogen) atoms. The predicted molar refractivity (Wildman–Crippen MR) is 51.2 cm³/mol. The average molecular weight is 237 g/mol. The van der Waals surface area contributed by atoms with E-state index < -0.39 is 23.1 Å². The van der Waals surface area contributed by atoms with Crippen molar-refractivity contribution in [2.45, 2.75) is 20.0 Å². The third-order valence-corrected chi connectivity index (χ3v) is 2.48. The summed E-state index contributed by atoms with van der Waals surface area (Å²) < 4.78 is 37.5. The van der Waals surface area contributed by atoms with E-state index in [0.29, 0.717) is 5.56 Å². The van der Waals surface area contributed by atoms with E-state index in [1.165, 1.54) is 6.07 Å². The Morgan fingerprint density at radius 3 is 2.27 bits per heavy atom. The van der Waals surface area contributed by atoms with Crippen LogP contribution in [0.2, 0.25) is 5.02 Å². The Hall–Kier alpha value is -1.03. The molecule has 0 aliphatic carbocycles. The molecule has 0 fully saturated rings. The van der Waals surface area contributed by atoms with Crippen molar-refractivity contribution in [1.29, 1.82) is 0 Å². The van der Waals surface area contributed by atoms with Gasteiger partial charge in [-0.25, -0.2) is 0 Å². The Labute approximate surface area is 89.9 Å². The first-order valence-electron chi connectivity index (χ1n) is 4.12. The highest BCUT2D eigenvalue weighted by molar-refractivity contribution is 6.34. The van der Waals surface area contributed by atoms with E-state index in [-0.39, 0.29) is 5.02 Å². The smallest absolute Gasteiger partial charge is 0.294 e. The molecule has 0 atom stereocenters. The molecule has 0 saturated heterocycles. The fourth-order valence-electron chi connectivity index (χ4n) is 1.26. The highest BCUT2D eigenvalue weighted by Crippen LogP contribution is 2.36. The molecule has 82 valence electrons. The van der Waals surface area contributed by atoms with Crippen molar-refractivity contribution in [1.82, 2.24) is 0 Å². The van der Waals surface area contributed by atoms with Gasteiger partial charge in [0, 0.05) is 5.56 Å². The Morgan fingerprint density at radius 2 is 1.87 bits per heavy atom. The Kier molecular flexibility index (Phi) is 3.09. The molecule has 1 aromatic carbocycles. The SMILES string of the molecule is CC(=O)c1c(C(F)(F)F)ccc(C)c1Cl. The predicted octanol–water partition coefficient (Wildman–Crippen LogP) is 3.87. The molecule has 0 aliphatic heterocycles. The standard InChI is InChI=1S/C10H8ClF3O/c1-5-3-4-7(10(12,13)14)8(6(2)15)9(5)11/h3-4H,1-2H3. The number of rotatable bonds is 1. The number of Topliss-reactive ketones (excluding diaryl/α,β-unsaturated/α-hetero) is 1. The third kappa shape index (κ3) is 2.31. The lowest BCUT2D eigenvalue weighted by Gasteiger charge is -2.13. The van der Waals surface area contributed by atoms with Crippen molar-refractivity contribution in [3.05, 3.63) is 33.8 Å². The summed E-state index contributed by atoms with van der Waals surface area (Å²) >= 11 is 5.68. The van der Waals surface area contributed by atoms with Gasteiger partial charge >= 0.3 is 6.18 Å². The molecule has 0 radical (unpaired) electrons. The van der Waals surface area contributed by atoms with Gasteiger partial charge in [0.15, 0.2) is 5.78 Å². The van der Waals surface area contributed by atoms with Crippen molar-refractivity contribution in [3.63, 3.8) is 0 Å². The number of halogens is 4. The van der Waals surface area contributed by atoms with E-state index >= 15 is 0 Å². The van der Waals surface area contributed by atoms with E-state index in [1.54, 1.807) is 6.92 Å². The largest absolute Gasteiger partial charge is 0.417 e. The zero-order valence-electron chi connectivity index (χ0n) is 8.07. The molecule has 0 N–H and O–H groups in total. The third-order valence-electron chi connectivity index (χ3n) is 1.99. The van der Waals surface area contributed by atoms with E-state index in [2.05, 4.69) is 0 Å². The van der Waals surface area contributed by atoms with Crippen molar-refractivity contribution in [3.8, 4) is 0 Å². The van der Waals surface area contributed by atoms with Crippen molar-refractivity contribution in [2.75, 3.05) is 0 Å². The summed E-state index contributed by atoms with van der Waals surface area (Å²) in [5.74, 6) is -0.684. The average Bonchev–Trinajstić information content (AvgIpc) is 2.06. The minimum Gasteiger partial charge on any atom is -0.294 e. The Bertz CT molecular complexity index is 410. The summed E-state index contributed by atoms with van der Waals surface area (Å²) in [5.41, 5.74) is -0.982. The second-order valence-corrected chi connectivity index (χ2v) is 3.55. The van der Waals surface area contributed by atoms with E-state index in [0.717, 1.165) is 13.0 Å². The maximum absolute atomic E-state index is 12.5. The zero-order valence-corrected chi connectivity index (χ0v) is 8.83. The first kappa shape index (κ1) is 12.0. The first-order valence-corrected chi connectivity index (χ1v) is 4.50. The molecule has 0 amide bonds. The highest BCUT2D eigenvalue weighted by atomic mass is 35.5. The van der Waals surface area contributed by atoms with Gasteiger partial charge in [0.2, 0.25) is 0 Å². The van der Waals surface area contributed by atoms with Crippen LogP contribution < -0.4 is 0 Å². The number of carbonyl (C=O) groups is 1. The van der Waals surface area contributed by atoms with Gasteiger partial charge in [-0.1, -0.05) is 17.7 Å². The molecular formula is C10H8ClF3O. The fourth-order valence-corrected chi connectivity index (χ4v) is 1.56. The van der Waals surface area contributed by atoms with Crippen LogP contribution in [0.1, 0.15) is 28.4 Å². The number of alkyl halides is 3. The Morgan fingerprint density at radius 1 is 1.33 bits per heavy atom. The number of benzene rings is 1. The molecule has 0 heterocycles. The molecule has 0 aromatic heterocycles. The molecule has 5 heteroatoms. The van der Waals surface area contributed by atoms with Crippen LogP contribution in [0.5, 0.6) is 0 Å². The van der Waals surface area contributed by atoms with E-state index in [9.17, 15) is 18.0 Å². The van der Waals surface area contributed by atoms with Crippen LogP contribution in [0.3, 0.4) is 0 Å². The Balaban J connectivity index is 3.55. The van der Waals surface area contributed by atoms with Gasteiger partial charge in [-0.05, 0) is 25.5 Å². The number of hydrogen-bond donors (Lipinski definition) is 0. The molecule has 0 unspecified atom stereocenters. The molecule has 0 aliphatic rings. The van der Waals surface area contributed by atoms with Crippen LogP contribution in [-0.2, 0) is 6.18 Å². The number of carbonyl (C=O) groups excluding carboxylic acids is 1. The van der Waals surface area contributed by atoms with Crippen LogP contribution in [0, 0.1) is 6.92 Å². The second-order valence-electron chi connectivity index (χ2n) is 3.17. The summed E-state index contributed by atoms with van der Waals surface area (Å²) in [6.45, 7) is 2.62. The van der Waals surface area contributed by atoms with Gasteiger partial charge < -0.3 is 0 Å². The lowest BCUT2D eigenvalue weighted by Crippen LogP contribution is -2.12. The van der Waals surface area contributed by atoms with Crippen LogP contribution in [0.15, 0.2) is 12.1 Å². The topological polar surface area (TPSA) is 17.1 Å². The minimum absolute atomic E-state index is 0.127. The van der Waals surface area contributed by atoms with Crippen LogP contribution in [0.4, 0.5) is 13.2 Å². The van der Waals surface area contributed by atoms with Crippen LogP contribution in [-0.4, -0.2) is 5.78 Å². The summed E-state index contributed by atoms with van der Waals surface area (Å²) in [6.07, 6.45) is -4.56. The summed E-state index contributed by atoms with van der Waals surface area (Å²) in [6, 6.07) is 2.12. The lowest BCUT2D eigenvalue weighted by molar-refractivity contribution is -0.137. The normalized spacial score (nSPS) is 11.6. The highest BCUT2D eigenvalue weighted by Gasteiger charge is 2.35. The van der Waals surface area contributed by atoms with Crippen molar-refractivity contribution >= 4 is 17.4 Å². The molecule has 1 aromatic rings. The zero-order chi connectivity index (χ0) is 11.8. The van der Waals surface area contributed by atoms with E-state index in [4.69, 9.17) is 11.6 Å². The number of aryl methyl sites for hydroxylation is 1. The maximum Gasteiger partial charge on any atom is 0.417 e. The van der Waals surface area contributed by atoms with Gasteiger partial charge in [-0.15, -0.1) is 0 Å². The second kappa shape index (κ2) is 3.85. The molecule has 1 nitrogen and oxygen atoms in total.